The van der Waals surface area contributed by atoms with Crippen LogP contribution in [-0.4, -0.2) is 32.7 Å². The molecule has 1 amide bonds. The van der Waals surface area contributed by atoms with Crippen molar-refractivity contribution in [3.63, 3.8) is 0 Å². The quantitative estimate of drug-likeness (QED) is 0.775. The van der Waals surface area contributed by atoms with Crippen molar-refractivity contribution in [1.82, 2.24) is 0 Å². The van der Waals surface area contributed by atoms with Gasteiger partial charge in [-0.15, -0.1) is 0 Å². The van der Waals surface area contributed by atoms with Crippen LogP contribution in [0.4, 0.5) is 5.69 Å². The predicted octanol–water partition coefficient (Wildman–Crippen LogP) is 1.06. The summed E-state index contributed by atoms with van der Waals surface area (Å²) in [4.78, 5) is 22.3. The monoisotopic (exact) mass is 223 g/mol. The molecule has 5 heteroatoms. The van der Waals surface area contributed by atoms with Gasteiger partial charge in [0, 0.05) is 12.8 Å². The zero-order valence-corrected chi connectivity index (χ0v) is 9.15. The van der Waals surface area contributed by atoms with Gasteiger partial charge in [0.2, 0.25) is 5.91 Å². The number of carbonyl (C=O) groups is 2. The largest absolute Gasteiger partial charge is 0.465 e. The van der Waals surface area contributed by atoms with Crippen molar-refractivity contribution >= 4 is 17.6 Å². The molecular weight excluding hydrogens is 210 g/mol. The summed E-state index contributed by atoms with van der Waals surface area (Å²) >= 11 is 0. The second-order valence-electron chi connectivity index (χ2n) is 3.05. The SMILES string of the molecule is COCC(=O)Nc1ccc(C(=O)OC)cc1. The molecule has 0 aromatic heterocycles. The van der Waals surface area contributed by atoms with Gasteiger partial charge in [0.25, 0.3) is 0 Å². The molecule has 0 fully saturated rings. The second kappa shape index (κ2) is 5.87. The van der Waals surface area contributed by atoms with Crippen molar-refractivity contribution in [1.29, 1.82) is 0 Å². The summed E-state index contributed by atoms with van der Waals surface area (Å²) in [5.74, 6) is -0.650. The molecule has 0 saturated heterocycles. The standard InChI is InChI=1S/C11H13NO4/c1-15-7-10(13)12-9-5-3-8(4-6-9)11(14)16-2/h3-6H,7H2,1-2H3,(H,12,13). The minimum atomic E-state index is -0.408. The summed E-state index contributed by atoms with van der Waals surface area (Å²) in [6.07, 6.45) is 0. The maximum absolute atomic E-state index is 11.2. The highest BCUT2D eigenvalue weighted by atomic mass is 16.5. The first-order valence-corrected chi connectivity index (χ1v) is 4.64. The average Bonchev–Trinajstić information content (AvgIpc) is 2.29. The molecule has 0 radical (unpaired) electrons. The molecule has 0 aliphatic rings. The Bertz CT molecular complexity index is 372. The summed E-state index contributed by atoms with van der Waals surface area (Å²) in [6, 6.07) is 6.40. The Kier molecular flexibility index (Phi) is 4.47. The van der Waals surface area contributed by atoms with Gasteiger partial charge in [0.05, 0.1) is 12.7 Å². The van der Waals surface area contributed by atoms with Gasteiger partial charge in [-0.25, -0.2) is 4.79 Å². The molecule has 0 atom stereocenters. The van der Waals surface area contributed by atoms with Crippen LogP contribution in [0.25, 0.3) is 0 Å². The number of methoxy groups -OCH3 is 2. The van der Waals surface area contributed by atoms with Crippen molar-refractivity contribution in [2.45, 2.75) is 0 Å². The molecule has 16 heavy (non-hydrogen) atoms. The van der Waals surface area contributed by atoms with Crippen LogP contribution in [0.1, 0.15) is 10.4 Å². The molecule has 1 aromatic carbocycles. The molecular formula is C11H13NO4. The lowest BCUT2D eigenvalue weighted by Crippen LogP contribution is -2.17. The lowest BCUT2D eigenvalue weighted by atomic mass is 10.2. The smallest absolute Gasteiger partial charge is 0.337 e. The van der Waals surface area contributed by atoms with E-state index in [1.165, 1.54) is 14.2 Å². The number of benzene rings is 1. The number of hydrogen-bond acceptors (Lipinski definition) is 4. The van der Waals surface area contributed by atoms with Crippen LogP contribution in [0.3, 0.4) is 0 Å². The lowest BCUT2D eigenvalue weighted by molar-refractivity contribution is -0.119. The van der Waals surface area contributed by atoms with E-state index in [1.54, 1.807) is 24.3 Å². The zero-order chi connectivity index (χ0) is 12.0. The Labute approximate surface area is 93.4 Å². The van der Waals surface area contributed by atoms with Crippen LogP contribution < -0.4 is 5.32 Å². The summed E-state index contributed by atoms with van der Waals surface area (Å²) in [5.41, 5.74) is 1.04. The van der Waals surface area contributed by atoms with E-state index in [1.807, 2.05) is 0 Å². The van der Waals surface area contributed by atoms with Crippen LogP contribution in [0, 0.1) is 0 Å². The van der Waals surface area contributed by atoms with Crippen LogP contribution >= 0.6 is 0 Å². The van der Waals surface area contributed by atoms with E-state index < -0.39 is 5.97 Å². The van der Waals surface area contributed by atoms with Gasteiger partial charge in [-0.3, -0.25) is 4.79 Å². The molecule has 0 aliphatic heterocycles. The first kappa shape index (κ1) is 12.2. The maximum Gasteiger partial charge on any atom is 0.337 e. The summed E-state index contributed by atoms with van der Waals surface area (Å²) in [5, 5.41) is 2.61. The van der Waals surface area contributed by atoms with Crippen LogP contribution in [0.2, 0.25) is 0 Å². The minimum Gasteiger partial charge on any atom is -0.465 e. The van der Waals surface area contributed by atoms with Gasteiger partial charge in [-0.1, -0.05) is 0 Å². The third kappa shape index (κ3) is 3.36. The van der Waals surface area contributed by atoms with Crippen molar-refractivity contribution in [2.24, 2.45) is 0 Å². The Morgan fingerprint density at radius 1 is 1.19 bits per heavy atom. The highest BCUT2D eigenvalue weighted by molar-refractivity contribution is 5.93. The third-order valence-corrected chi connectivity index (χ3v) is 1.87. The van der Waals surface area contributed by atoms with Crippen molar-refractivity contribution in [3.05, 3.63) is 29.8 Å². The number of carbonyl (C=O) groups excluding carboxylic acids is 2. The van der Waals surface area contributed by atoms with Crippen molar-refractivity contribution in [3.8, 4) is 0 Å². The fraction of sp³-hybridized carbons (Fsp3) is 0.273. The number of amides is 1. The van der Waals surface area contributed by atoms with Gasteiger partial charge < -0.3 is 14.8 Å². The molecule has 0 heterocycles. The predicted molar refractivity (Wildman–Crippen MR) is 58.3 cm³/mol. The van der Waals surface area contributed by atoms with E-state index >= 15 is 0 Å². The van der Waals surface area contributed by atoms with E-state index in [9.17, 15) is 9.59 Å². The van der Waals surface area contributed by atoms with Crippen LogP contribution in [0.15, 0.2) is 24.3 Å². The molecule has 0 unspecified atom stereocenters. The Hall–Kier alpha value is -1.88. The Balaban J connectivity index is 2.64. The van der Waals surface area contributed by atoms with Gasteiger partial charge in [0.1, 0.15) is 6.61 Å². The number of anilines is 1. The second-order valence-corrected chi connectivity index (χ2v) is 3.05. The number of esters is 1. The molecule has 86 valence electrons. The Morgan fingerprint density at radius 2 is 1.81 bits per heavy atom. The molecule has 1 rings (SSSR count). The first-order valence-electron chi connectivity index (χ1n) is 4.64. The molecule has 0 bridgehead atoms. The lowest BCUT2D eigenvalue weighted by Gasteiger charge is -2.05. The van der Waals surface area contributed by atoms with E-state index in [4.69, 9.17) is 0 Å². The number of hydrogen-bond donors (Lipinski definition) is 1. The summed E-state index contributed by atoms with van der Waals surface area (Å²) in [6.45, 7) is -0.00124. The van der Waals surface area contributed by atoms with Crippen molar-refractivity contribution < 1.29 is 19.1 Å². The minimum absolute atomic E-state index is 0.00124. The fourth-order valence-electron chi connectivity index (χ4n) is 1.14. The van der Waals surface area contributed by atoms with Gasteiger partial charge >= 0.3 is 5.97 Å². The highest BCUT2D eigenvalue weighted by Crippen LogP contribution is 2.10. The van der Waals surface area contributed by atoms with Crippen LogP contribution in [0.5, 0.6) is 0 Å². The Morgan fingerprint density at radius 3 is 2.31 bits per heavy atom. The van der Waals surface area contributed by atoms with E-state index in [0.29, 0.717) is 11.3 Å². The summed E-state index contributed by atoms with van der Waals surface area (Å²) < 4.78 is 9.22. The summed E-state index contributed by atoms with van der Waals surface area (Å²) in [7, 11) is 2.76. The van der Waals surface area contributed by atoms with Gasteiger partial charge in [-0.05, 0) is 24.3 Å². The number of ether oxygens (including phenoxy) is 2. The molecule has 5 nitrogen and oxygen atoms in total. The topological polar surface area (TPSA) is 64.6 Å². The van der Waals surface area contributed by atoms with E-state index in [2.05, 4.69) is 14.8 Å². The molecule has 0 spiro atoms. The average molecular weight is 223 g/mol. The molecule has 0 saturated carbocycles. The van der Waals surface area contributed by atoms with Crippen molar-refractivity contribution in [2.75, 3.05) is 26.1 Å². The zero-order valence-electron chi connectivity index (χ0n) is 9.15. The first-order chi connectivity index (χ1) is 7.67. The van der Waals surface area contributed by atoms with E-state index in [0.717, 1.165) is 0 Å². The molecule has 1 N–H and O–H groups in total. The maximum atomic E-state index is 11.2. The van der Waals surface area contributed by atoms with E-state index in [-0.39, 0.29) is 12.5 Å². The third-order valence-electron chi connectivity index (χ3n) is 1.87. The molecule has 0 aliphatic carbocycles. The van der Waals surface area contributed by atoms with Gasteiger partial charge in [-0.2, -0.15) is 0 Å². The number of rotatable bonds is 4. The highest BCUT2D eigenvalue weighted by Gasteiger charge is 2.05. The fourth-order valence-corrected chi connectivity index (χ4v) is 1.14. The normalized spacial score (nSPS) is 9.62. The van der Waals surface area contributed by atoms with Gasteiger partial charge in [0.15, 0.2) is 0 Å². The molecule has 1 aromatic rings. The number of nitrogens with one attached hydrogen (secondary N) is 1. The van der Waals surface area contributed by atoms with Crippen LogP contribution in [-0.2, 0) is 14.3 Å².